The third-order valence-electron chi connectivity index (χ3n) is 2.81. The number of carbonyl (C=O) groups excluding carboxylic acids is 1. The fourth-order valence-corrected chi connectivity index (χ4v) is 1.91. The SMILES string of the molecule is CCN1CCN(CC)[C@@H](COC)C1=O. The van der Waals surface area contributed by atoms with E-state index in [4.69, 9.17) is 4.74 Å². The van der Waals surface area contributed by atoms with Crippen LogP contribution in [0, 0.1) is 0 Å². The fourth-order valence-electron chi connectivity index (χ4n) is 1.91. The Morgan fingerprint density at radius 1 is 1.36 bits per heavy atom. The molecule has 0 radical (unpaired) electrons. The lowest BCUT2D eigenvalue weighted by Gasteiger charge is -2.39. The number of carbonyl (C=O) groups is 1. The summed E-state index contributed by atoms with van der Waals surface area (Å²) in [6.07, 6.45) is 0. The third kappa shape index (κ3) is 2.25. The van der Waals surface area contributed by atoms with E-state index in [0.29, 0.717) is 6.61 Å². The van der Waals surface area contributed by atoms with E-state index in [1.807, 2.05) is 11.8 Å². The van der Waals surface area contributed by atoms with Crippen molar-refractivity contribution < 1.29 is 9.53 Å². The molecule has 4 nitrogen and oxygen atoms in total. The molecule has 1 amide bonds. The van der Waals surface area contributed by atoms with Gasteiger partial charge in [0.25, 0.3) is 0 Å². The zero-order chi connectivity index (χ0) is 10.6. The van der Waals surface area contributed by atoms with Crippen LogP contribution in [0.15, 0.2) is 0 Å². The molecule has 0 unspecified atom stereocenters. The van der Waals surface area contributed by atoms with Crippen LogP contribution in [0.3, 0.4) is 0 Å². The standard InChI is InChI=1S/C10H20N2O2/c1-4-11-6-7-12(5-2)10(13)9(11)8-14-3/h9H,4-8H2,1-3H3/t9-/m0/s1. The summed E-state index contributed by atoms with van der Waals surface area (Å²) in [6.45, 7) is 8.13. The second kappa shape index (κ2) is 5.32. The van der Waals surface area contributed by atoms with E-state index in [1.165, 1.54) is 0 Å². The van der Waals surface area contributed by atoms with Gasteiger partial charge in [0, 0.05) is 26.7 Å². The third-order valence-corrected chi connectivity index (χ3v) is 2.81. The van der Waals surface area contributed by atoms with Crippen LogP contribution in [0.4, 0.5) is 0 Å². The van der Waals surface area contributed by atoms with Crippen LogP contribution in [0.5, 0.6) is 0 Å². The first-order valence-electron chi connectivity index (χ1n) is 5.26. The van der Waals surface area contributed by atoms with Gasteiger partial charge in [-0.15, -0.1) is 0 Å². The van der Waals surface area contributed by atoms with Gasteiger partial charge in [-0.25, -0.2) is 0 Å². The highest BCUT2D eigenvalue weighted by Gasteiger charge is 2.32. The summed E-state index contributed by atoms with van der Waals surface area (Å²) < 4.78 is 5.09. The Morgan fingerprint density at radius 3 is 2.57 bits per heavy atom. The molecule has 0 bridgehead atoms. The Hall–Kier alpha value is -0.610. The molecule has 1 saturated heterocycles. The van der Waals surface area contributed by atoms with Crippen molar-refractivity contribution in [2.75, 3.05) is 39.9 Å². The highest BCUT2D eigenvalue weighted by atomic mass is 16.5. The number of ether oxygens (including phenoxy) is 1. The molecule has 0 N–H and O–H groups in total. The average Bonchev–Trinajstić information content (AvgIpc) is 2.21. The minimum Gasteiger partial charge on any atom is -0.383 e. The molecule has 14 heavy (non-hydrogen) atoms. The predicted molar refractivity (Wildman–Crippen MR) is 55.2 cm³/mol. The van der Waals surface area contributed by atoms with E-state index in [2.05, 4.69) is 11.8 Å². The van der Waals surface area contributed by atoms with Crippen molar-refractivity contribution in [3.63, 3.8) is 0 Å². The molecule has 1 fully saturated rings. The summed E-state index contributed by atoms with van der Waals surface area (Å²) in [7, 11) is 1.64. The minimum absolute atomic E-state index is 0.0706. The van der Waals surface area contributed by atoms with Gasteiger partial charge in [-0.05, 0) is 13.5 Å². The van der Waals surface area contributed by atoms with Crippen LogP contribution in [0.25, 0.3) is 0 Å². The van der Waals surface area contributed by atoms with Crippen molar-refractivity contribution in [2.45, 2.75) is 19.9 Å². The van der Waals surface area contributed by atoms with Crippen molar-refractivity contribution in [1.82, 2.24) is 9.80 Å². The lowest BCUT2D eigenvalue weighted by Crippen LogP contribution is -2.58. The molecule has 1 atom stereocenters. The number of hydrogen-bond donors (Lipinski definition) is 0. The number of likely N-dealkylation sites (N-methyl/N-ethyl adjacent to an activating group) is 2. The highest BCUT2D eigenvalue weighted by Crippen LogP contribution is 2.11. The Kier molecular flexibility index (Phi) is 4.35. The summed E-state index contributed by atoms with van der Waals surface area (Å²) in [6, 6.07) is -0.0706. The molecule has 0 spiro atoms. The van der Waals surface area contributed by atoms with Crippen LogP contribution in [0.1, 0.15) is 13.8 Å². The molecule has 1 aliphatic heterocycles. The molecule has 1 rings (SSSR count). The zero-order valence-corrected chi connectivity index (χ0v) is 9.32. The normalized spacial score (nSPS) is 24.4. The number of rotatable bonds is 4. The lowest BCUT2D eigenvalue weighted by atomic mass is 10.1. The molecule has 0 aliphatic carbocycles. The molecule has 82 valence electrons. The first-order valence-corrected chi connectivity index (χ1v) is 5.26. The maximum absolute atomic E-state index is 11.9. The monoisotopic (exact) mass is 200 g/mol. The van der Waals surface area contributed by atoms with Crippen molar-refractivity contribution in [3.05, 3.63) is 0 Å². The molecular weight excluding hydrogens is 180 g/mol. The van der Waals surface area contributed by atoms with Crippen molar-refractivity contribution in [2.24, 2.45) is 0 Å². The second-order valence-corrected chi connectivity index (χ2v) is 3.52. The van der Waals surface area contributed by atoms with E-state index in [1.54, 1.807) is 7.11 Å². The maximum Gasteiger partial charge on any atom is 0.242 e. The summed E-state index contributed by atoms with van der Waals surface area (Å²) >= 11 is 0. The van der Waals surface area contributed by atoms with Gasteiger partial charge < -0.3 is 9.64 Å². The lowest BCUT2D eigenvalue weighted by molar-refractivity contribution is -0.143. The summed E-state index contributed by atoms with van der Waals surface area (Å²) in [5.41, 5.74) is 0. The number of methoxy groups -OCH3 is 1. The number of piperazine rings is 1. The Bertz CT molecular complexity index is 197. The van der Waals surface area contributed by atoms with Crippen LogP contribution in [-0.2, 0) is 9.53 Å². The van der Waals surface area contributed by atoms with Crippen LogP contribution in [0.2, 0.25) is 0 Å². The first kappa shape index (κ1) is 11.5. The van der Waals surface area contributed by atoms with Crippen LogP contribution < -0.4 is 0 Å². The van der Waals surface area contributed by atoms with Crippen molar-refractivity contribution >= 4 is 5.91 Å². The fraction of sp³-hybridized carbons (Fsp3) is 0.900. The highest BCUT2D eigenvalue weighted by molar-refractivity contribution is 5.82. The topological polar surface area (TPSA) is 32.8 Å². The van der Waals surface area contributed by atoms with Gasteiger partial charge in [0.15, 0.2) is 0 Å². The van der Waals surface area contributed by atoms with Gasteiger partial charge in [-0.1, -0.05) is 6.92 Å². The maximum atomic E-state index is 11.9. The Morgan fingerprint density at radius 2 is 2.07 bits per heavy atom. The molecule has 0 aromatic rings. The van der Waals surface area contributed by atoms with Gasteiger partial charge in [-0.2, -0.15) is 0 Å². The molecule has 1 heterocycles. The first-order chi connectivity index (χ1) is 6.74. The molecule has 1 aliphatic rings. The van der Waals surface area contributed by atoms with Crippen molar-refractivity contribution in [1.29, 1.82) is 0 Å². The summed E-state index contributed by atoms with van der Waals surface area (Å²) in [5.74, 6) is 0.211. The van der Waals surface area contributed by atoms with Crippen LogP contribution in [-0.4, -0.2) is 61.6 Å². The van der Waals surface area contributed by atoms with Crippen molar-refractivity contribution in [3.8, 4) is 0 Å². The van der Waals surface area contributed by atoms with E-state index >= 15 is 0 Å². The van der Waals surface area contributed by atoms with Gasteiger partial charge in [0.2, 0.25) is 5.91 Å². The number of amides is 1. The second-order valence-electron chi connectivity index (χ2n) is 3.52. The Labute approximate surface area is 85.8 Å². The molecule has 0 aromatic heterocycles. The summed E-state index contributed by atoms with van der Waals surface area (Å²) in [4.78, 5) is 16.0. The van der Waals surface area contributed by atoms with Gasteiger partial charge in [-0.3, -0.25) is 9.69 Å². The van der Waals surface area contributed by atoms with Crippen LogP contribution >= 0.6 is 0 Å². The number of nitrogens with zero attached hydrogens (tertiary/aromatic N) is 2. The summed E-state index contributed by atoms with van der Waals surface area (Å²) in [5, 5.41) is 0. The van der Waals surface area contributed by atoms with E-state index in [9.17, 15) is 4.79 Å². The van der Waals surface area contributed by atoms with E-state index in [0.717, 1.165) is 26.2 Å². The molecular formula is C10H20N2O2. The smallest absolute Gasteiger partial charge is 0.242 e. The van der Waals surface area contributed by atoms with E-state index < -0.39 is 0 Å². The van der Waals surface area contributed by atoms with Gasteiger partial charge in [0.05, 0.1) is 6.61 Å². The minimum atomic E-state index is -0.0706. The molecule has 0 saturated carbocycles. The van der Waals surface area contributed by atoms with Gasteiger partial charge >= 0.3 is 0 Å². The molecule has 4 heteroatoms. The Balaban J connectivity index is 2.65. The number of hydrogen-bond acceptors (Lipinski definition) is 3. The predicted octanol–water partition coefficient (Wildman–Crippen LogP) is 0.185. The largest absolute Gasteiger partial charge is 0.383 e. The van der Waals surface area contributed by atoms with Gasteiger partial charge in [0.1, 0.15) is 6.04 Å². The zero-order valence-electron chi connectivity index (χ0n) is 9.32. The average molecular weight is 200 g/mol. The molecule has 0 aromatic carbocycles. The quantitative estimate of drug-likeness (QED) is 0.649. The van der Waals surface area contributed by atoms with E-state index in [-0.39, 0.29) is 11.9 Å².